The van der Waals surface area contributed by atoms with Crippen LogP contribution in [-0.2, 0) is 24.7 Å². The van der Waals surface area contributed by atoms with E-state index in [4.69, 9.17) is 0 Å². The van der Waals surface area contributed by atoms with Gasteiger partial charge in [0.15, 0.2) is 0 Å². The maximum Gasteiger partial charge on any atom is 0.0546 e. The van der Waals surface area contributed by atoms with Crippen LogP contribution in [0, 0.1) is 11.8 Å². The Bertz CT molecular complexity index is 3510. The summed E-state index contributed by atoms with van der Waals surface area (Å²) in [5.41, 5.74) is 23.7. The molecule has 3 atom stereocenters. The number of hydrogen-bond donors (Lipinski definition) is 0. The minimum Gasteiger partial charge on any atom is -0.310 e. The molecule has 2 nitrogen and oxygen atoms in total. The van der Waals surface area contributed by atoms with Crippen molar-refractivity contribution in [1.82, 2.24) is 0 Å². The van der Waals surface area contributed by atoms with Gasteiger partial charge in [0.05, 0.1) is 17.1 Å². The molecule has 3 unspecified atom stereocenters. The number of anilines is 6. The number of rotatable bonds is 8. The lowest BCUT2D eigenvalue weighted by molar-refractivity contribution is 0.350. The Kier molecular flexibility index (Phi) is 8.99. The van der Waals surface area contributed by atoms with E-state index in [9.17, 15) is 0 Å². The van der Waals surface area contributed by atoms with E-state index in [0.717, 1.165) is 19.3 Å². The van der Waals surface area contributed by atoms with Crippen molar-refractivity contribution in [1.29, 1.82) is 0 Å². The number of benzene rings is 10. The van der Waals surface area contributed by atoms with Gasteiger partial charge in [-0.25, -0.2) is 0 Å². The molecule has 0 saturated heterocycles. The molecule has 0 heterocycles. The molecule has 68 heavy (non-hydrogen) atoms. The van der Waals surface area contributed by atoms with Crippen LogP contribution in [0.3, 0.4) is 0 Å². The van der Waals surface area contributed by atoms with Gasteiger partial charge in [-0.15, -0.1) is 0 Å². The van der Waals surface area contributed by atoms with Gasteiger partial charge in [0.1, 0.15) is 0 Å². The Morgan fingerprint density at radius 3 is 1.50 bits per heavy atom. The maximum absolute atomic E-state index is 2.69. The molecule has 14 rings (SSSR count). The highest BCUT2D eigenvalue weighted by molar-refractivity contribution is 6.00. The van der Waals surface area contributed by atoms with Gasteiger partial charge < -0.3 is 9.80 Å². The van der Waals surface area contributed by atoms with E-state index in [1.165, 1.54) is 124 Å². The molecule has 0 radical (unpaired) electrons. The fourth-order valence-electron chi connectivity index (χ4n) is 13.4. The zero-order valence-corrected chi connectivity index (χ0v) is 38.0. The first kappa shape index (κ1) is 39.2. The predicted octanol–water partition coefficient (Wildman–Crippen LogP) is 17.1. The summed E-state index contributed by atoms with van der Waals surface area (Å²) < 4.78 is 0. The van der Waals surface area contributed by atoms with Crippen molar-refractivity contribution in [3.63, 3.8) is 0 Å². The molecule has 0 amide bonds. The average Bonchev–Trinajstić information content (AvgIpc) is 4.14. The lowest BCUT2D eigenvalue weighted by Crippen LogP contribution is -2.34. The quantitative estimate of drug-likeness (QED) is 0.150. The van der Waals surface area contributed by atoms with Crippen LogP contribution in [0.4, 0.5) is 34.1 Å². The van der Waals surface area contributed by atoms with E-state index in [-0.39, 0.29) is 5.41 Å². The fraction of sp³-hybridized carbons (Fsp3) is 0.121. The van der Waals surface area contributed by atoms with Crippen molar-refractivity contribution in [3.8, 4) is 33.4 Å². The largest absolute Gasteiger partial charge is 0.310 e. The van der Waals surface area contributed by atoms with Gasteiger partial charge in [0.2, 0.25) is 0 Å². The van der Waals surface area contributed by atoms with Crippen LogP contribution in [0.2, 0.25) is 0 Å². The molecule has 4 aliphatic rings. The Hall–Kier alpha value is -7.94. The van der Waals surface area contributed by atoms with E-state index < -0.39 is 0 Å². The summed E-state index contributed by atoms with van der Waals surface area (Å²) in [5, 5.41) is 2.48. The molecule has 2 heteroatoms. The molecule has 1 fully saturated rings. The lowest BCUT2D eigenvalue weighted by Gasteiger charge is -2.40. The van der Waals surface area contributed by atoms with Gasteiger partial charge >= 0.3 is 0 Å². The van der Waals surface area contributed by atoms with Crippen LogP contribution >= 0.6 is 0 Å². The van der Waals surface area contributed by atoms with Crippen molar-refractivity contribution in [2.45, 2.75) is 37.5 Å². The molecule has 10 aromatic carbocycles. The number of fused-ring (bicyclic) bond motifs is 6. The molecule has 0 aliphatic heterocycles. The number of nitrogens with zero attached hydrogens (tertiary/aromatic N) is 2. The third-order valence-corrected chi connectivity index (χ3v) is 16.1. The Morgan fingerprint density at radius 2 is 0.838 bits per heavy atom. The normalized spacial score (nSPS) is 18.1. The van der Waals surface area contributed by atoms with Crippen LogP contribution in [0.25, 0.3) is 44.2 Å². The summed E-state index contributed by atoms with van der Waals surface area (Å²) in [7, 11) is 0. The van der Waals surface area contributed by atoms with Crippen molar-refractivity contribution in [3.05, 3.63) is 264 Å². The van der Waals surface area contributed by atoms with E-state index >= 15 is 0 Å². The smallest absolute Gasteiger partial charge is 0.0546 e. The summed E-state index contributed by atoms with van der Waals surface area (Å²) >= 11 is 0. The zero-order chi connectivity index (χ0) is 44.8. The van der Waals surface area contributed by atoms with Crippen molar-refractivity contribution in [2.75, 3.05) is 9.80 Å². The first-order valence-corrected chi connectivity index (χ1v) is 24.6. The van der Waals surface area contributed by atoms with E-state index in [1.807, 2.05) is 0 Å². The molecule has 4 aliphatic carbocycles. The maximum atomic E-state index is 2.69. The molecule has 10 aromatic rings. The second-order valence-corrected chi connectivity index (χ2v) is 19.5. The first-order chi connectivity index (χ1) is 33.7. The number of hydrogen-bond acceptors (Lipinski definition) is 2. The van der Waals surface area contributed by atoms with Gasteiger partial charge in [-0.05, 0) is 177 Å². The molecule has 0 aromatic heterocycles. The summed E-state index contributed by atoms with van der Waals surface area (Å²) in [6.07, 6.45) is 5.58. The highest BCUT2D eigenvalue weighted by Gasteiger charge is 2.62. The topological polar surface area (TPSA) is 6.48 Å². The van der Waals surface area contributed by atoms with Crippen LogP contribution in [0.1, 0.15) is 46.2 Å². The second kappa shape index (κ2) is 15.6. The number of para-hydroxylation sites is 2. The van der Waals surface area contributed by atoms with Crippen LogP contribution in [-0.4, -0.2) is 0 Å². The zero-order valence-electron chi connectivity index (χ0n) is 38.0. The van der Waals surface area contributed by atoms with E-state index in [2.05, 4.69) is 240 Å². The molecule has 324 valence electrons. The molecular formula is C66H50N2. The Balaban J connectivity index is 1.03. The van der Waals surface area contributed by atoms with Gasteiger partial charge in [-0.3, -0.25) is 0 Å². The average molecular weight is 871 g/mol. The minimum atomic E-state index is -0.167. The standard InChI is InChI=1S/C66H50N2/c1-4-16-44(17-5-1)45-30-32-46(33-31-45)60-42-47-18-10-11-19-48(47)43-63(60)68(57-36-37-59-52(41-57)38-49-20-12-13-27-58(49)59)62-29-15-22-51-40-54-35-34-53-39-50-21-14-28-61(64(50)66(53,54)65(51)62)67(55-23-6-2-7-24-55)56-25-8-3-9-26-56/h1-33,36-37,41-43,53-54H,34-35,38-40H2. The van der Waals surface area contributed by atoms with Crippen LogP contribution in [0.15, 0.2) is 231 Å². The molecule has 1 spiro atoms. The van der Waals surface area contributed by atoms with Gasteiger partial charge in [-0.2, -0.15) is 0 Å². The first-order valence-electron chi connectivity index (χ1n) is 24.6. The van der Waals surface area contributed by atoms with Crippen molar-refractivity contribution >= 4 is 44.9 Å². The third kappa shape index (κ3) is 5.96. The highest BCUT2D eigenvalue weighted by Crippen LogP contribution is 2.69. The SMILES string of the molecule is c1ccc(-c2ccc(-c3cc4ccccc4cc3N(c3ccc4c(c3)Cc3ccccc3-4)c3cccc4c3C35c6c(cccc6N(c6ccccc6)c6ccccc6)CC3CCC5C4)cc2)cc1. The third-order valence-electron chi connectivity index (χ3n) is 16.1. The van der Waals surface area contributed by atoms with Crippen molar-refractivity contribution in [2.24, 2.45) is 11.8 Å². The second-order valence-electron chi connectivity index (χ2n) is 19.5. The van der Waals surface area contributed by atoms with Crippen molar-refractivity contribution < 1.29 is 0 Å². The predicted molar refractivity (Wildman–Crippen MR) is 283 cm³/mol. The summed E-state index contributed by atoms with van der Waals surface area (Å²) in [6, 6.07) is 86.8. The van der Waals surface area contributed by atoms with E-state index in [1.54, 1.807) is 0 Å². The van der Waals surface area contributed by atoms with Gasteiger partial charge in [0, 0.05) is 28.0 Å². The Morgan fingerprint density at radius 1 is 0.324 bits per heavy atom. The van der Waals surface area contributed by atoms with Crippen LogP contribution in [0.5, 0.6) is 0 Å². The highest BCUT2D eigenvalue weighted by atomic mass is 15.2. The monoisotopic (exact) mass is 870 g/mol. The summed E-state index contributed by atoms with van der Waals surface area (Å²) in [5.74, 6) is 0.995. The molecule has 1 saturated carbocycles. The van der Waals surface area contributed by atoms with E-state index in [0.29, 0.717) is 11.8 Å². The molecule has 0 N–H and O–H groups in total. The molecular weight excluding hydrogens is 821 g/mol. The summed E-state index contributed by atoms with van der Waals surface area (Å²) in [6.45, 7) is 0. The minimum absolute atomic E-state index is 0.167. The Labute approximate surface area is 399 Å². The fourth-order valence-corrected chi connectivity index (χ4v) is 13.4. The van der Waals surface area contributed by atoms with Gasteiger partial charge in [-0.1, -0.05) is 170 Å². The van der Waals surface area contributed by atoms with Crippen LogP contribution < -0.4 is 9.80 Å². The summed E-state index contributed by atoms with van der Waals surface area (Å²) in [4.78, 5) is 5.23. The van der Waals surface area contributed by atoms with Gasteiger partial charge in [0.25, 0.3) is 0 Å². The molecule has 0 bridgehead atoms. The lowest BCUT2D eigenvalue weighted by atomic mass is 9.68.